The second-order valence-corrected chi connectivity index (χ2v) is 7.38. The largest absolute Gasteiger partial charge is 0.493 e. The van der Waals surface area contributed by atoms with Gasteiger partial charge in [0.25, 0.3) is 5.91 Å². The lowest BCUT2D eigenvalue weighted by atomic mass is 10.1. The Morgan fingerprint density at radius 1 is 1.21 bits per heavy atom. The molecule has 0 spiro atoms. The number of amides is 1. The van der Waals surface area contributed by atoms with E-state index < -0.39 is 0 Å². The van der Waals surface area contributed by atoms with E-state index >= 15 is 0 Å². The average Bonchev–Trinajstić information content (AvgIpc) is 2.74. The predicted octanol–water partition coefficient (Wildman–Crippen LogP) is 3.06. The van der Waals surface area contributed by atoms with Crippen LogP contribution in [0.15, 0.2) is 46.0 Å². The fourth-order valence-electron chi connectivity index (χ4n) is 3.02. The minimum Gasteiger partial charge on any atom is -0.493 e. The summed E-state index contributed by atoms with van der Waals surface area (Å²) in [6.45, 7) is 4.27. The van der Waals surface area contributed by atoms with Crippen LogP contribution in [0.4, 0.5) is 0 Å². The number of nitrogens with zero attached hydrogens (tertiary/aromatic N) is 2. The van der Waals surface area contributed by atoms with Crippen LogP contribution in [-0.2, 0) is 11.3 Å². The third kappa shape index (κ3) is 5.79. The van der Waals surface area contributed by atoms with Crippen molar-refractivity contribution in [2.24, 2.45) is 5.10 Å². The first-order valence-corrected chi connectivity index (χ1v) is 10.0. The zero-order chi connectivity index (χ0) is 20.6. The van der Waals surface area contributed by atoms with Crippen molar-refractivity contribution in [2.75, 3.05) is 40.5 Å². The molecule has 8 heteroatoms. The first-order valence-electron chi connectivity index (χ1n) is 9.24. The van der Waals surface area contributed by atoms with Gasteiger partial charge in [-0.3, -0.25) is 9.69 Å². The summed E-state index contributed by atoms with van der Waals surface area (Å²) in [6.07, 6.45) is 1.55. The normalized spacial score (nSPS) is 14.7. The lowest BCUT2D eigenvalue weighted by molar-refractivity contribution is 0.0342. The van der Waals surface area contributed by atoms with Crippen molar-refractivity contribution in [1.82, 2.24) is 10.3 Å². The number of methoxy groups -OCH3 is 2. The van der Waals surface area contributed by atoms with Gasteiger partial charge >= 0.3 is 0 Å². The van der Waals surface area contributed by atoms with E-state index in [0.29, 0.717) is 17.1 Å². The molecular formula is C21H24BrN3O4. The average molecular weight is 462 g/mol. The topological polar surface area (TPSA) is 72.4 Å². The minimum absolute atomic E-state index is 0.265. The van der Waals surface area contributed by atoms with Crippen LogP contribution in [-0.4, -0.2) is 57.5 Å². The van der Waals surface area contributed by atoms with Crippen molar-refractivity contribution in [2.45, 2.75) is 6.54 Å². The quantitative estimate of drug-likeness (QED) is 0.506. The van der Waals surface area contributed by atoms with Crippen molar-refractivity contribution in [3.8, 4) is 11.5 Å². The molecule has 154 valence electrons. The highest BCUT2D eigenvalue weighted by atomic mass is 79.9. The molecule has 2 aromatic carbocycles. The van der Waals surface area contributed by atoms with Crippen LogP contribution in [0.1, 0.15) is 21.5 Å². The van der Waals surface area contributed by atoms with E-state index in [0.717, 1.165) is 42.9 Å². The van der Waals surface area contributed by atoms with Gasteiger partial charge in [0.1, 0.15) is 0 Å². The van der Waals surface area contributed by atoms with Gasteiger partial charge in [0, 0.05) is 25.2 Å². The van der Waals surface area contributed by atoms with Crippen molar-refractivity contribution in [3.63, 3.8) is 0 Å². The fraction of sp³-hybridized carbons (Fsp3) is 0.333. The van der Waals surface area contributed by atoms with Gasteiger partial charge in [0.05, 0.1) is 38.1 Å². The van der Waals surface area contributed by atoms with Crippen LogP contribution >= 0.6 is 15.9 Å². The molecule has 1 aliphatic heterocycles. The molecule has 0 aliphatic carbocycles. The highest BCUT2D eigenvalue weighted by Gasteiger charge is 2.12. The second kappa shape index (κ2) is 10.4. The number of carbonyl (C=O) groups excluding carboxylic acids is 1. The van der Waals surface area contributed by atoms with Crippen LogP contribution in [0.25, 0.3) is 0 Å². The van der Waals surface area contributed by atoms with Crippen LogP contribution in [0, 0.1) is 0 Å². The summed E-state index contributed by atoms with van der Waals surface area (Å²) >= 11 is 3.43. The van der Waals surface area contributed by atoms with Crippen LogP contribution in [0.2, 0.25) is 0 Å². The van der Waals surface area contributed by atoms with E-state index in [1.54, 1.807) is 26.5 Å². The van der Waals surface area contributed by atoms with Gasteiger partial charge in [0.2, 0.25) is 0 Å². The Morgan fingerprint density at radius 3 is 2.59 bits per heavy atom. The molecule has 0 bridgehead atoms. The Balaban J connectivity index is 1.58. The fourth-order valence-corrected chi connectivity index (χ4v) is 3.64. The van der Waals surface area contributed by atoms with Crippen LogP contribution in [0.3, 0.4) is 0 Å². The highest BCUT2D eigenvalue weighted by Crippen LogP contribution is 2.35. The molecule has 0 atom stereocenters. The van der Waals surface area contributed by atoms with Gasteiger partial charge in [-0.15, -0.1) is 0 Å². The highest BCUT2D eigenvalue weighted by molar-refractivity contribution is 9.10. The maximum absolute atomic E-state index is 12.3. The standard InChI is InChI=1S/C21H24BrN3O4/c1-27-19-12-16(11-18(22)20(19)28-2)13-23-24-21(26)17-5-3-15(4-6-17)14-25-7-9-29-10-8-25/h3-6,11-13H,7-10,14H2,1-2H3,(H,24,26)/b23-13-. The molecule has 1 saturated heterocycles. The first kappa shape index (κ1) is 21.3. The molecule has 1 fully saturated rings. The molecule has 7 nitrogen and oxygen atoms in total. The molecule has 1 amide bonds. The molecular weight excluding hydrogens is 438 g/mol. The number of ether oxygens (including phenoxy) is 3. The molecule has 2 aromatic rings. The number of carbonyl (C=O) groups is 1. The first-order chi connectivity index (χ1) is 14.1. The van der Waals surface area contributed by atoms with E-state index in [1.165, 1.54) is 5.56 Å². The zero-order valence-electron chi connectivity index (χ0n) is 16.5. The van der Waals surface area contributed by atoms with E-state index in [4.69, 9.17) is 14.2 Å². The van der Waals surface area contributed by atoms with Crippen LogP contribution in [0.5, 0.6) is 11.5 Å². The summed E-state index contributed by atoms with van der Waals surface area (Å²) in [5.74, 6) is 0.912. The summed E-state index contributed by atoms with van der Waals surface area (Å²) < 4.78 is 16.7. The third-order valence-corrected chi connectivity index (χ3v) is 5.15. The Bertz CT molecular complexity index is 865. The molecule has 29 heavy (non-hydrogen) atoms. The zero-order valence-corrected chi connectivity index (χ0v) is 18.1. The lowest BCUT2D eigenvalue weighted by Crippen LogP contribution is -2.35. The van der Waals surface area contributed by atoms with Gasteiger partial charge < -0.3 is 14.2 Å². The number of hydrogen-bond acceptors (Lipinski definition) is 6. The van der Waals surface area contributed by atoms with Crippen molar-refractivity contribution < 1.29 is 19.0 Å². The van der Waals surface area contributed by atoms with E-state index in [9.17, 15) is 4.79 Å². The van der Waals surface area contributed by atoms with Crippen molar-refractivity contribution >= 4 is 28.1 Å². The Morgan fingerprint density at radius 2 is 1.93 bits per heavy atom. The molecule has 3 rings (SSSR count). The van der Waals surface area contributed by atoms with E-state index in [-0.39, 0.29) is 5.91 Å². The summed E-state index contributed by atoms with van der Waals surface area (Å²) in [4.78, 5) is 14.7. The molecule has 1 aliphatic rings. The van der Waals surface area contributed by atoms with Crippen molar-refractivity contribution in [3.05, 3.63) is 57.6 Å². The van der Waals surface area contributed by atoms with Gasteiger partial charge in [-0.1, -0.05) is 12.1 Å². The monoisotopic (exact) mass is 461 g/mol. The second-order valence-electron chi connectivity index (χ2n) is 6.52. The lowest BCUT2D eigenvalue weighted by Gasteiger charge is -2.26. The summed E-state index contributed by atoms with van der Waals surface area (Å²) in [5, 5.41) is 4.04. The van der Waals surface area contributed by atoms with Crippen LogP contribution < -0.4 is 14.9 Å². The molecule has 0 unspecified atom stereocenters. The summed E-state index contributed by atoms with van der Waals surface area (Å²) in [5.41, 5.74) is 5.04. The number of nitrogens with one attached hydrogen (secondary N) is 1. The minimum atomic E-state index is -0.265. The Hall–Kier alpha value is -2.42. The number of hydrogen-bond donors (Lipinski definition) is 1. The third-order valence-electron chi connectivity index (χ3n) is 4.56. The molecule has 0 radical (unpaired) electrons. The number of rotatable bonds is 7. The maximum Gasteiger partial charge on any atom is 0.271 e. The maximum atomic E-state index is 12.3. The Labute approximate surface area is 178 Å². The summed E-state index contributed by atoms with van der Waals surface area (Å²) in [7, 11) is 3.14. The van der Waals surface area contributed by atoms with Crippen molar-refractivity contribution in [1.29, 1.82) is 0 Å². The van der Waals surface area contributed by atoms with Gasteiger partial charge in [-0.2, -0.15) is 5.10 Å². The number of morpholine rings is 1. The van der Waals surface area contributed by atoms with E-state index in [2.05, 4.69) is 31.4 Å². The number of benzene rings is 2. The number of hydrazone groups is 1. The SMILES string of the molecule is COc1cc(/C=N\NC(=O)c2ccc(CN3CCOCC3)cc2)cc(Br)c1OC. The Kier molecular flexibility index (Phi) is 7.62. The van der Waals surface area contributed by atoms with E-state index in [1.807, 2.05) is 30.3 Å². The predicted molar refractivity (Wildman–Crippen MR) is 115 cm³/mol. The molecule has 1 N–H and O–H groups in total. The van der Waals surface area contributed by atoms with Gasteiger partial charge in [-0.05, 0) is 51.3 Å². The molecule has 0 saturated carbocycles. The molecule has 0 aromatic heterocycles. The number of halogens is 1. The summed E-state index contributed by atoms with van der Waals surface area (Å²) in [6, 6.07) is 11.2. The van der Waals surface area contributed by atoms with Gasteiger partial charge in [-0.25, -0.2) is 5.43 Å². The van der Waals surface area contributed by atoms with Gasteiger partial charge in [0.15, 0.2) is 11.5 Å². The smallest absolute Gasteiger partial charge is 0.271 e. The molecule has 1 heterocycles.